The molecule has 1 aliphatic rings. The van der Waals surface area contributed by atoms with Crippen LogP contribution in [0.5, 0.6) is 5.75 Å². The van der Waals surface area contributed by atoms with Gasteiger partial charge in [-0.2, -0.15) is 0 Å². The number of likely N-dealkylation sites (N-methyl/N-ethyl adjacent to an activating group) is 1. The van der Waals surface area contributed by atoms with Crippen LogP contribution in [0.2, 0.25) is 0 Å². The number of hydrogen-bond acceptors (Lipinski definition) is 4. The average Bonchev–Trinajstić information content (AvgIpc) is 2.60. The Morgan fingerprint density at radius 3 is 2.54 bits per heavy atom. The van der Waals surface area contributed by atoms with E-state index in [-0.39, 0.29) is 18.5 Å². The van der Waals surface area contributed by atoms with Crippen LogP contribution in [0.15, 0.2) is 24.3 Å². The van der Waals surface area contributed by atoms with Gasteiger partial charge in [0, 0.05) is 32.7 Å². The molecule has 24 heavy (non-hydrogen) atoms. The molecule has 2 rings (SSSR count). The van der Waals surface area contributed by atoms with Gasteiger partial charge in [-0.05, 0) is 25.1 Å². The first-order chi connectivity index (χ1) is 11.6. The number of nitrogens with zero attached hydrogens (tertiary/aromatic N) is 2. The number of hydrogen-bond donors (Lipinski definition) is 2. The van der Waals surface area contributed by atoms with Crippen molar-refractivity contribution in [2.24, 2.45) is 0 Å². The zero-order chi connectivity index (χ0) is 17.4. The number of urea groups is 1. The fraction of sp³-hybridized carbons (Fsp3) is 0.529. The van der Waals surface area contributed by atoms with Gasteiger partial charge >= 0.3 is 6.03 Å². The van der Waals surface area contributed by atoms with E-state index in [9.17, 15) is 9.59 Å². The monoisotopic (exact) mass is 334 g/mol. The minimum absolute atomic E-state index is 0.0320. The number of amides is 3. The van der Waals surface area contributed by atoms with Crippen molar-refractivity contribution in [2.45, 2.75) is 6.42 Å². The van der Waals surface area contributed by atoms with Gasteiger partial charge in [0.15, 0.2) is 0 Å². The van der Waals surface area contributed by atoms with Gasteiger partial charge in [0.05, 0.1) is 13.7 Å². The molecular weight excluding hydrogens is 308 g/mol. The molecule has 0 bridgehead atoms. The number of rotatable bonds is 6. The topological polar surface area (TPSA) is 73.9 Å². The number of benzene rings is 1. The number of piperazine rings is 1. The minimum Gasteiger partial charge on any atom is -0.496 e. The third kappa shape index (κ3) is 5.42. The lowest BCUT2D eigenvalue weighted by molar-refractivity contribution is -0.131. The summed E-state index contributed by atoms with van der Waals surface area (Å²) >= 11 is 0. The van der Waals surface area contributed by atoms with Crippen LogP contribution < -0.4 is 15.4 Å². The molecule has 1 aliphatic heterocycles. The van der Waals surface area contributed by atoms with Gasteiger partial charge in [0.1, 0.15) is 5.75 Å². The van der Waals surface area contributed by atoms with Gasteiger partial charge in [0.25, 0.3) is 0 Å². The third-order valence-electron chi connectivity index (χ3n) is 4.13. The van der Waals surface area contributed by atoms with E-state index in [1.165, 1.54) is 0 Å². The van der Waals surface area contributed by atoms with E-state index in [0.717, 1.165) is 24.4 Å². The average molecular weight is 334 g/mol. The molecule has 1 aromatic rings. The largest absolute Gasteiger partial charge is 0.496 e. The van der Waals surface area contributed by atoms with Crippen LogP contribution in [0.1, 0.15) is 5.56 Å². The Morgan fingerprint density at radius 2 is 1.83 bits per heavy atom. The molecular formula is C17H26N4O3. The highest BCUT2D eigenvalue weighted by Crippen LogP contribution is 2.17. The number of carbonyl (C=O) groups excluding carboxylic acids is 2. The summed E-state index contributed by atoms with van der Waals surface area (Å²) in [6, 6.07) is 7.38. The summed E-state index contributed by atoms with van der Waals surface area (Å²) in [5, 5.41) is 5.38. The molecule has 7 nitrogen and oxygen atoms in total. The summed E-state index contributed by atoms with van der Waals surface area (Å²) in [6.07, 6.45) is 0.670. The lowest BCUT2D eigenvalue weighted by atomic mass is 10.1. The van der Waals surface area contributed by atoms with Crippen molar-refractivity contribution >= 4 is 11.9 Å². The molecule has 2 N–H and O–H groups in total. The van der Waals surface area contributed by atoms with E-state index in [0.29, 0.717) is 26.1 Å². The number of carbonyl (C=O) groups is 2. The molecule has 0 unspecified atom stereocenters. The summed E-state index contributed by atoms with van der Waals surface area (Å²) in [5.41, 5.74) is 1.04. The number of nitrogens with one attached hydrogen (secondary N) is 2. The highest BCUT2D eigenvalue weighted by atomic mass is 16.5. The smallest absolute Gasteiger partial charge is 0.315 e. The Morgan fingerprint density at radius 1 is 1.12 bits per heavy atom. The predicted octanol–water partition coefficient (Wildman–Crippen LogP) is 0.311. The standard InChI is InChI=1S/C17H26N4O3/c1-20-9-11-21(12-10-20)16(22)13-19-17(23)18-8-7-14-5-3-4-6-15(14)24-2/h3-6H,7-13H2,1-2H3,(H2,18,19,23). The molecule has 0 saturated carbocycles. The molecule has 1 fully saturated rings. The van der Waals surface area contributed by atoms with E-state index >= 15 is 0 Å². The van der Waals surface area contributed by atoms with Crippen LogP contribution in [-0.2, 0) is 11.2 Å². The minimum atomic E-state index is -0.327. The molecule has 1 heterocycles. The van der Waals surface area contributed by atoms with Crippen molar-refractivity contribution in [1.29, 1.82) is 0 Å². The van der Waals surface area contributed by atoms with Crippen molar-refractivity contribution in [3.05, 3.63) is 29.8 Å². The molecule has 0 aliphatic carbocycles. The van der Waals surface area contributed by atoms with Crippen molar-refractivity contribution < 1.29 is 14.3 Å². The van der Waals surface area contributed by atoms with Crippen LogP contribution in [0.4, 0.5) is 4.79 Å². The zero-order valence-electron chi connectivity index (χ0n) is 14.4. The zero-order valence-corrected chi connectivity index (χ0v) is 14.4. The van der Waals surface area contributed by atoms with E-state index < -0.39 is 0 Å². The Labute approximate surface area is 142 Å². The molecule has 0 radical (unpaired) electrons. The second kappa shape index (κ2) is 9.12. The maximum absolute atomic E-state index is 12.0. The van der Waals surface area contributed by atoms with Crippen LogP contribution in [0.3, 0.4) is 0 Å². The normalized spacial score (nSPS) is 15.0. The van der Waals surface area contributed by atoms with Gasteiger partial charge in [0.2, 0.25) is 5.91 Å². The van der Waals surface area contributed by atoms with E-state index in [1.54, 1.807) is 12.0 Å². The van der Waals surface area contributed by atoms with Gasteiger partial charge in [-0.15, -0.1) is 0 Å². The van der Waals surface area contributed by atoms with Crippen molar-refractivity contribution in [3.63, 3.8) is 0 Å². The maximum Gasteiger partial charge on any atom is 0.315 e. The SMILES string of the molecule is COc1ccccc1CCNC(=O)NCC(=O)N1CCN(C)CC1. The first-order valence-electron chi connectivity index (χ1n) is 8.20. The van der Waals surface area contributed by atoms with E-state index in [4.69, 9.17) is 4.74 Å². The highest BCUT2D eigenvalue weighted by molar-refractivity contribution is 5.84. The first-order valence-corrected chi connectivity index (χ1v) is 8.20. The van der Waals surface area contributed by atoms with Crippen molar-refractivity contribution in [1.82, 2.24) is 20.4 Å². The second-order valence-corrected chi connectivity index (χ2v) is 5.86. The number of methoxy groups -OCH3 is 1. The Balaban J connectivity index is 1.65. The molecule has 1 saturated heterocycles. The first kappa shape index (κ1) is 18.1. The molecule has 132 valence electrons. The molecule has 0 atom stereocenters. The van der Waals surface area contributed by atoms with Crippen LogP contribution in [0.25, 0.3) is 0 Å². The highest BCUT2D eigenvalue weighted by Gasteiger charge is 2.19. The number of para-hydroxylation sites is 1. The van der Waals surface area contributed by atoms with Gasteiger partial charge in [-0.3, -0.25) is 4.79 Å². The maximum atomic E-state index is 12.0. The molecule has 0 spiro atoms. The Bertz CT molecular complexity index is 557. The fourth-order valence-corrected chi connectivity index (χ4v) is 2.61. The van der Waals surface area contributed by atoms with Gasteiger partial charge in [-0.25, -0.2) is 4.79 Å². The lowest BCUT2D eigenvalue weighted by Crippen LogP contribution is -2.51. The molecule has 7 heteroatoms. The lowest BCUT2D eigenvalue weighted by Gasteiger charge is -2.32. The summed E-state index contributed by atoms with van der Waals surface area (Å²) < 4.78 is 5.27. The Kier molecular flexibility index (Phi) is 6.87. The quantitative estimate of drug-likeness (QED) is 0.785. The second-order valence-electron chi connectivity index (χ2n) is 5.86. The molecule has 1 aromatic carbocycles. The summed E-state index contributed by atoms with van der Waals surface area (Å²) in [7, 11) is 3.66. The fourth-order valence-electron chi connectivity index (χ4n) is 2.61. The third-order valence-corrected chi connectivity index (χ3v) is 4.13. The molecule has 0 aromatic heterocycles. The predicted molar refractivity (Wildman–Crippen MR) is 92.2 cm³/mol. The number of ether oxygens (including phenoxy) is 1. The molecule has 3 amide bonds. The van der Waals surface area contributed by atoms with Gasteiger partial charge in [-0.1, -0.05) is 18.2 Å². The summed E-state index contributed by atoms with van der Waals surface area (Å²) in [5.74, 6) is 0.771. The van der Waals surface area contributed by atoms with Crippen molar-refractivity contribution in [3.8, 4) is 5.75 Å². The summed E-state index contributed by atoms with van der Waals surface area (Å²) in [4.78, 5) is 27.8. The van der Waals surface area contributed by atoms with Crippen molar-refractivity contribution in [2.75, 3.05) is 53.4 Å². The van der Waals surface area contributed by atoms with E-state index in [2.05, 4.69) is 15.5 Å². The van der Waals surface area contributed by atoms with Gasteiger partial charge < -0.3 is 25.2 Å². The van der Waals surface area contributed by atoms with Crippen LogP contribution >= 0.6 is 0 Å². The van der Waals surface area contributed by atoms with E-state index in [1.807, 2.05) is 31.3 Å². The van der Waals surface area contributed by atoms with Crippen LogP contribution in [-0.4, -0.2) is 75.2 Å². The Hall–Kier alpha value is -2.28. The summed E-state index contributed by atoms with van der Waals surface area (Å²) in [6.45, 7) is 3.69. The van der Waals surface area contributed by atoms with Crippen LogP contribution in [0, 0.1) is 0 Å².